The quantitative estimate of drug-likeness (QED) is 0.428. The summed E-state index contributed by atoms with van der Waals surface area (Å²) in [4.78, 5) is 41.5. The number of rotatable bonds is 7. The van der Waals surface area contributed by atoms with Gasteiger partial charge in [0.1, 0.15) is 18.5 Å². The normalized spacial score (nSPS) is 17.4. The van der Waals surface area contributed by atoms with Crippen LogP contribution in [0.4, 0.5) is 15.8 Å². The van der Waals surface area contributed by atoms with E-state index in [1.54, 1.807) is 42.5 Å². The summed E-state index contributed by atoms with van der Waals surface area (Å²) < 4.78 is 25.8. The van der Waals surface area contributed by atoms with Crippen LogP contribution in [0.5, 0.6) is 11.5 Å². The molecule has 0 saturated heterocycles. The molecule has 2 N–H and O–H groups in total. The number of carbonyl (C=O) groups excluding carboxylic acids is 3. The SMILES string of the molecule is CC(=O)Nc1cccc(N(C(=O)[C@H]2COc3ccccc3O2)[C@H](C(=O)NC2CCCCC2)c2ccc(F)cc2)c1. The average Bonchev–Trinajstić information content (AvgIpc) is 2.96. The van der Waals surface area contributed by atoms with Crippen molar-refractivity contribution < 1.29 is 28.2 Å². The van der Waals surface area contributed by atoms with Gasteiger partial charge in [0.05, 0.1) is 0 Å². The number of carbonyl (C=O) groups is 3. The Balaban J connectivity index is 1.57. The highest BCUT2D eigenvalue weighted by molar-refractivity contribution is 6.04. The lowest BCUT2D eigenvalue weighted by Crippen LogP contribution is -2.52. The Morgan fingerprint density at radius 2 is 1.65 bits per heavy atom. The van der Waals surface area contributed by atoms with Crippen molar-refractivity contribution in [1.82, 2.24) is 5.32 Å². The zero-order chi connectivity index (χ0) is 28.1. The first-order chi connectivity index (χ1) is 19.4. The standard InChI is InChI=1S/C31H32FN3O5/c1-20(36)33-24-10-7-11-25(18-24)35(31(38)28-19-39-26-12-5-6-13-27(26)40-28)29(21-14-16-22(32)17-15-21)30(37)34-23-8-3-2-4-9-23/h5-7,10-18,23,28-29H,2-4,8-9,19H2,1H3,(H,33,36)(H,34,37)/t28-,29+/m1/s1. The number of ether oxygens (including phenoxy) is 2. The zero-order valence-electron chi connectivity index (χ0n) is 22.3. The molecule has 1 heterocycles. The van der Waals surface area contributed by atoms with Gasteiger partial charge in [0.15, 0.2) is 11.5 Å². The van der Waals surface area contributed by atoms with Gasteiger partial charge < -0.3 is 20.1 Å². The van der Waals surface area contributed by atoms with Gasteiger partial charge in [-0.3, -0.25) is 19.3 Å². The molecule has 9 heteroatoms. The topological polar surface area (TPSA) is 97.0 Å². The summed E-state index contributed by atoms with van der Waals surface area (Å²) in [5, 5.41) is 5.86. The van der Waals surface area contributed by atoms with Gasteiger partial charge in [0.25, 0.3) is 5.91 Å². The second-order valence-corrected chi connectivity index (χ2v) is 10.1. The Kier molecular flexibility index (Phi) is 8.28. The Bertz CT molecular complexity index is 1370. The molecule has 0 spiro atoms. The summed E-state index contributed by atoms with van der Waals surface area (Å²) in [5.74, 6) is -0.682. The third-order valence-electron chi connectivity index (χ3n) is 7.11. The molecule has 3 aromatic carbocycles. The molecule has 2 aliphatic rings. The van der Waals surface area contributed by atoms with Crippen LogP contribution < -0.4 is 25.0 Å². The second kappa shape index (κ2) is 12.2. The number of nitrogens with zero attached hydrogens (tertiary/aromatic N) is 1. The van der Waals surface area contributed by atoms with Crippen molar-refractivity contribution in [3.05, 3.63) is 84.2 Å². The largest absolute Gasteiger partial charge is 0.485 e. The third kappa shape index (κ3) is 6.25. The number of anilines is 2. The van der Waals surface area contributed by atoms with E-state index < -0.39 is 23.9 Å². The van der Waals surface area contributed by atoms with E-state index in [0.29, 0.717) is 28.4 Å². The van der Waals surface area contributed by atoms with Crippen LogP contribution in [-0.4, -0.2) is 36.5 Å². The third-order valence-corrected chi connectivity index (χ3v) is 7.11. The molecule has 8 nitrogen and oxygen atoms in total. The van der Waals surface area contributed by atoms with Crippen molar-refractivity contribution in [1.29, 1.82) is 0 Å². The van der Waals surface area contributed by atoms with Gasteiger partial charge in [-0.05, 0) is 60.9 Å². The molecule has 0 bridgehead atoms. The summed E-state index contributed by atoms with van der Waals surface area (Å²) in [7, 11) is 0. The van der Waals surface area contributed by atoms with Crippen LogP contribution in [0.3, 0.4) is 0 Å². The van der Waals surface area contributed by atoms with Crippen LogP contribution in [0.2, 0.25) is 0 Å². The minimum absolute atomic E-state index is 0.0204. The zero-order valence-corrected chi connectivity index (χ0v) is 22.3. The molecule has 2 atom stereocenters. The van der Waals surface area contributed by atoms with E-state index in [1.165, 1.54) is 36.1 Å². The molecule has 1 aliphatic carbocycles. The van der Waals surface area contributed by atoms with E-state index >= 15 is 0 Å². The predicted octanol–water partition coefficient (Wildman–Crippen LogP) is 5.15. The van der Waals surface area contributed by atoms with Gasteiger partial charge >= 0.3 is 0 Å². The maximum Gasteiger partial charge on any atom is 0.272 e. The van der Waals surface area contributed by atoms with Crippen molar-refractivity contribution >= 4 is 29.1 Å². The van der Waals surface area contributed by atoms with Gasteiger partial charge in [-0.2, -0.15) is 0 Å². The summed E-state index contributed by atoms with van der Waals surface area (Å²) in [6.07, 6.45) is 3.80. The van der Waals surface area contributed by atoms with Crippen LogP contribution in [0.15, 0.2) is 72.8 Å². The highest BCUT2D eigenvalue weighted by atomic mass is 19.1. The van der Waals surface area contributed by atoms with Crippen LogP contribution in [0.1, 0.15) is 50.6 Å². The second-order valence-electron chi connectivity index (χ2n) is 10.1. The van der Waals surface area contributed by atoms with Crippen LogP contribution in [0.25, 0.3) is 0 Å². The number of halogens is 1. The number of para-hydroxylation sites is 2. The molecule has 5 rings (SSSR count). The minimum Gasteiger partial charge on any atom is -0.485 e. The van der Waals surface area contributed by atoms with Crippen molar-refractivity contribution in [3.8, 4) is 11.5 Å². The van der Waals surface area contributed by atoms with Gasteiger partial charge in [-0.25, -0.2) is 4.39 Å². The first-order valence-corrected chi connectivity index (χ1v) is 13.5. The van der Waals surface area contributed by atoms with E-state index in [0.717, 1.165) is 32.1 Å². The number of amides is 3. The number of nitrogens with one attached hydrogen (secondary N) is 2. The lowest BCUT2D eigenvalue weighted by Gasteiger charge is -2.36. The molecule has 0 unspecified atom stereocenters. The lowest BCUT2D eigenvalue weighted by molar-refractivity contribution is -0.132. The molecule has 1 aliphatic heterocycles. The smallest absolute Gasteiger partial charge is 0.272 e. The molecular weight excluding hydrogens is 513 g/mol. The fourth-order valence-electron chi connectivity index (χ4n) is 5.23. The number of benzene rings is 3. The Labute approximate surface area is 232 Å². The molecule has 208 valence electrons. The number of fused-ring (bicyclic) bond motifs is 1. The molecule has 1 saturated carbocycles. The van der Waals surface area contributed by atoms with Crippen molar-refractivity contribution in [2.45, 2.75) is 57.2 Å². The van der Waals surface area contributed by atoms with Gasteiger partial charge in [0, 0.05) is 24.3 Å². The van der Waals surface area contributed by atoms with E-state index in [-0.39, 0.29) is 24.5 Å². The average molecular weight is 546 g/mol. The van der Waals surface area contributed by atoms with Crippen LogP contribution in [-0.2, 0) is 14.4 Å². The first kappa shape index (κ1) is 27.2. The molecule has 0 radical (unpaired) electrons. The molecule has 0 aromatic heterocycles. The van der Waals surface area contributed by atoms with Gasteiger partial charge in [0.2, 0.25) is 17.9 Å². The number of hydrogen-bond donors (Lipinski definition) is 2. The summed E-state index contributed by atoms with van der Waals surface area (Å²) in [5.41, 5.74) is 1.26. The maximum atomic E-state index is 14.3. The fraction of sp³-hybridized carbons (Fsp3) is 0.323. The Morgan fingerprint density at radius 3 is 2.38 bits per heavy atom. The van der Waals surface area contributed by atoms with E-state index in [1.807, 2.05) is 6.07 Å². The van der Waals surface area contributed by atoms with Gasteiger partial charge in [-0.1, -0.05) is 49.6 Å². The van der Waals surface area contributed by atoms with Crippen molar-refractivity contribution in [3.63, 3.8) is 0 Å². The van der Waals surface area contributed by atoms with Crippen molar-refractivity contribution in [2.75, 3.05) is 16.8 Å². The van der Waals surface area contributed by atoms with E-state index in [2.05, 4.69) is 10.6 Å². The monoisotopic (exact) mass is 545 g/mol. The highest BCUT2D eigenvalue weighted by Crippen LogP contribution is 2.35. The maximum absolute atomic E-state index is 14.3. The predicted molar refractivity (Wildman–Crippen MR) is 149 cm³/mol. The fourth-order valence-corrected chi connectivity index (χ4v) is 5.23. The van der Waals surface area contributed by atoms with Crippen LogP contribution in [0, 0.1) is 5.82 Å². The van der Waals surface area contributed by atoms with E-state index in [4.69, 9.17) is 9.47 Å². The Morgan fingerprint density at radius 1 is 0.925 bits per heavy atom. The molecule has 3 amide bonds. The molecule has 3 aromatic rings. The minimum atomic E-state index is -1.14. The molecule has 40 heavy (non-hydrogen) atoms. The number of hydrogen-bond acceptors (Lipinski definition) is 5. The van der Waals surface area contributed by atoms with Crippen LogP contribution >= 0.6 is 0 Å². The van der Waals surface area contributed by atoms with E-state index in [9.17, 15) is 18.8 Å². The molecular formula is C31H32FN3O5. The van der Waals surface area contributed by atoms with Crippen molar-refractivity contribution in [2.24, 2.45) is 0 Å². The summed E-state index contributed by atoms with van der Waals surface area (Å²) >= 11 is 0. The Hall–Kier alpha value is -4.40. The lowest BCUT2D eigenvalue weighted by atomic mass is 9.94. The van der Waals surface area contributed by atoms with Gasteiger partial charge in [-0.15, -0.1) is 0 Å². The molecule has 1 fully saturated rings. The summed E-state index contributed by atoms with van der Waals surface area (Å²) in [6.45, 7) is 1.33. The summed E-state index contributed by atoms with van der Waals surface area (Å²) in [6, 6.07) is 18.1. The first-order valence-electron chi connectivity index (χ1n) is 13.5. The highest BCUT2D eigenvalue weighted by Gasteiger charge is 2.40.